The molecule has 4 heteroatoms. The van der Waals surface area contributed by atoms with Crippen LogP contribution in [-0.2, 0) is 9.53 Å². The number of rotatable bonds is 3. The minimum atomic E-state index is -0.759. The molecule has 0 saturated heterocycles. The Bertz CT molecular complexity index is 678. The van der Waals surface area contributed by atoms with Crippen molar-refractivity contribution in [3.63, 3.8) is 0 Å². The predicted octanol–water partition coefficient (Wildman–Crippen LogP) is 3.36. The maximum absolute atomic E-state index is 12.2. The van der Waals surface area contributed by atoms with E-state index in [1.807, 2.05) is 42.5 Å². The number of hydrogen-bond donors (Lipinski definition) is 0. The van der Waals surface area contributed by atoms with E-state index in [-0.39, 0.29) is 5.97 Å². The van der Waals surface area contributed by atoms with Gasteiger partial charge in [0.15, 0.2) is 0 Å². The fraction of sp³-hybridized carbons (Fsp3) is 0.235. The second kappa shape index (κ2) is 5.48. The standard InChI is InChI=1S/C17H16O4/c1-3-20-17(18)16-14-10-11(19-2)8-9-12(14)13-6-4-5-7-15(13)21-16/h4-10,16H,3H2,1-2H3. The third-order valence-electron chi connectivity index (χ3n) is 3.46. The number of benzene rings is 2. The summed E-state index contributed by atoms with van der Waals surface area (Å²) in [5.74, 6) is 0.987. The van der Waals surface area contributed by atoms with E-state index < -0.39 is 6.10 Å². The van der Waals surface area contributed by atoms with Gasteiger partial charge in [0.25, 0.3) is 0 Å². The summed E-state index contributed by atoms with van der Waals surface area (Å²) in [6.07, 6.45) is -0.759. The third-order valence-corrected chi connectivity index (χ3v) is 3.46. The second-order valence-electron chi connectivity index (χ2n) is 4.70. The molecule has 21 heavy (non-hydrogen) atoms. The van der Waals surface area contributed by atoms with Gasteiger partial charge in [0.1, 0.15) is 11.5 Å². The summed E-state index contributed by atoms with van der Waals surface area (Å²) < 4.78 is 16.2. The molecule has 1 aliphatic rings. The molecule has 0 bridgehead atoms. The number of hydrogen-bond acceptors (Lipinski definition) is 4. The molecule has 108 valence electrons. The number of methoxy groups -OCH3 is 1. The number of para-hydroxylation sites is 1. The maximum atomic E-state index is 12.2. The first-order chi connectivity index (χ1) is 10.2. The van der Waals surface area contributed by atoms with Gasteiger partial charge in [-0.25, -0.2) is 4.79 Å². The van der Waals surface area contributed by atoms with Gasteiger partial charge < -0.3 is 14.2 Å². The van der Waals surface area contributed by atoms with Crippen molar-refractivity contribution < 1.29 is 19.0 Å². The average molecular weight is 284 g/mol. The molecule has 0 aliphatic carbocycles. The highest BCUT2D eigenvalue weighted by Gasteiger charge is 2.32. The summed E-state index contributed by atoms with van der Waals surface area (Å²) in [5.41, 5.74) is 2.71. The van der Waals surface area contributed by atoms with Crippen LogP contribution in [0, 0.1) is 0 Å². The Morgan fingerprint density at radius 1 is 1.19 bits per heavy atom. The number of carbonyl (C=O) groups is 1. The molecule has 0 aromatic heterocycles. The first-order valence-corrected chi connectivity index (χ1v) is 6.85. The molecular weight excluding hydrogens is 268 g/mol. The molecule has 0 radical (unpaired) electrons. The zero-order valence-electron chi connectivity index (χ0n) is 12.0. The van der Waals surface area contributed by atoms with E-state index in [1.165, 1.54) is 0 Å². The highest BCUT2D eigenvalue weighted by atomic mass is 16.6. The lowest BCUT2D eigenvalue weighted by molar-refractivity contribution is -0.151. The molecule has 1 heterocycles. The van der Waals surface area contributed by atoms with Gasteiger partial charge in [0.2, 0.25) is 6.10 Å². The van der Waals surface area contributed by atoms with Crippen molar-refractivity contribution in [1.29, 1.82) is 0 Å². The summed E-state index contributed by atoms with van der Waals surface area (Å²) in [7, 11) is 1.60. The van der Waals surface area contributed by atoms with Crippen molar-refractivity contribution in [3.8, 4) is 22.6 Å². The fourth-order valence-electron chi connectivity index (χ4n) is 2.51. The van der Waals surface area contributed by atoms with Crippen LogP contribution in [0.3, 0.4) is 0 Å². The van der Waals surface area contributed by atoms with Crippen LogP contribution in [0.2, 0.25) is 0 Å². The van der Waals surface area contributed by atoms with Gasteiger partial charge in [-0.2, -0.15) is 0 Å². The van der Waals surface area contributed by atoms with E-state index in [1.54, 1.807) is 14.0 Å². The summed E-state index contributed by atoms with van der Waals surface area (Å²) in [5, 5.41) is 0. The lowest BCUT2D eigenvalue weighted by Gasteiger charge is -2.27. The van der Waals surface area contributed by atoms with Gasteiger partial charge in [0, 0.05) is 11.1 Å². The largest absolute Gasteiger partial charge is 0.497 e. The number of carbonyl (C=O) groups excluding carboxylic acids is 1. The zero-order valence-corrected chi connectivity index (χ0v) is 12.0. The van der Waals surface area contributed by atoms with Crippen LogP contribution in [0.15, 0.2) is 42.5 Å². The monoisotopic (exact) mass is 284 g/mol. The van der Waals surface area contributed by atoms with Gasteiger partial charge in [-0.1, -0.05) is 24.3 Å². The average Bonchev–Trinajstić information content (AvgIpc) is 2.53. The topological polar surface area (TPSA) is 44.8 Å². The molecule has 0 amide bonds. The van der Waals surface area contributed by atoms with E-state index in [4.69, 9.17) is 14.2 Å². The van der Waals surface area contributed by atoms with Crippen molar-refractivity contribution in [2.45, 2.75) is 13.0 Å². The van der Waals surface area contributed by atoms with E-state index >= 15 is 0 Å². The van der Waals surface area contributed by atoms with Crippen molar-refractivity contribution in [3.05, 3.63) is 48.0 Å². The Morgan fingerprint density at radius 3 is 2.76 bits per heavy atom. The van der Waals surface area contributed by atoms with E-state index in [0.29, 0.717) is 18.1 Å². The third kappa shape index (κ3) is 2.33. The highest BCUT2D eigenvalue weighted by molar-refractivity contribution is 5.86. The molecule has 0 fully saturated rings. The Labute approximate surface area is 123 Å². The van der Waals surface area contributed by atoms with E-state index in [2.05, 4.69) is 0 Å². The molecule has 3 rings (SSSR count). The fourth-order valence-corrected chi connectivity index (χ4v) is 2.51. The lowest BCUT2D eigenvalue weighted by atomic mass is 9.92. The highest BCUT2D eigenvalue weighted by Crippen LogP contribution is 2.43. The molecular formula is C17H16O4. The van der Waals surface area contributed by atoms with Crippen LogP contribution >= 0.6 is 0 Å². The lowest BCUT2D eigenvalue weighted by Crippen LogP contribution is -2.24. The summed E-state index contributed by atoms with van der Waals surface area (Å²) >= 11 is 0. The van der Waals surface area contributed by atoms with Crippen LogP contribution in [0.4, 0.5) is 0 Å². The van der Waals surface area contributed by atoms with Crippen molar-refractivity contribution in [1.82, 2.24) is 0 Å². The summed E-state index contributed by atoms with van der Waals surface area (Å²) in [6, 6.07) is 13.3. The van der Waals surface area contributed by atoms with Crippen molar-refractivity contribution in [2.24, 2.45) is 0 Å². The normalized spacial score (nSPS) is 15.4. The van der Waals surface area contributed by atoms with Gasteiger partial charge in [-0.05, 0) is 30.7 Å². The Hall–Kier alpha value is -2.49. The summed E-state index contributed by atoms with van der Waals surface area (Å²) in [4.78, 5) is 12.2. The molecule has 2 aromatic rings. The van der Waals surface area contributed by atoms with Crippen LogP contribution in [0.1, 0.15) is 18.6 Å². The number of ether oxygens (including phenoxy) is 3. The molecule has 0 saturated carbocycles. The predicted molar refractivity (Wildman–Crippen MR) is 78.4 cm³/mol. The van der Waals surface area contributed by atoms with Gasteiger partial charge >= 0.3 is 5.97 Å². The zero-order chi connectivity index (χ0) is 14.8. The molecule has 1 aliphatic heterocycles. The molecule has 0 N–H and O–H groups in total. The van der Waals surface area contributed by atoms with E-state index in [9.17, 15) is 4.79 Å². The minimum absolute atomic E-state index is 0.319. The minimum Gasteiger partial charge on any atom is -0.497 e. The van der Waals surface area contributed by atoms with Crippen LogP contribution < -0.4 is 9.47 Å². The smallest absolute Gasteiger partial charge is 0.352 e. The number of esters is 1. The molecule has 1 unspecified atom stereocenters. The van der Waals surface area contributed by atoms with Crippen LogP contribution in [0.25, 0.3) is 11.1 Å². The summed E-state index contributed by atoms with van der Waals surface area (Å²) in [6.45, 7) is 2.10. The first-order valence-electron chi connectivity index (χ1n) is 6.85. The van der Waals surface area contributed by atoms with Crippen molar-refractivity contribution in [2.75, 3.05) is 13.7 Å². The van der Waals surface area contributed by atoms with Crippen LogP contribution in [0.5, 0.6) is 11.5 Å². The Balaban J connectivity index is 2.14. The number of fused-ring (bicyclic) bond motifs is 3. The van der Waals surface area contributed by atoms with Crippen molar-refractivity contribution >= 4 is 5.97 Å². The SMILES string of the molecule is CCOC(=O)C1Oc2ccccc2-c2ccc(OC)cc21. The Kier molecular flexibility index (Phi) is 3.52. The van der Waals surface area contributed by atoms with E-state index in [0.717, 1.165) is 16.7 Å². The quantitative estimate of drug-likeness (QED) is 0.811. The van der Waals surface area contributed by atoms with Crippen LogP contribution in [-0.4, -0.2) is 19.7 Å². The first kappa shape index (κ1) is 13.5. The van der Waals surface area contributed by atoms with Gasteiger partial charge in [-0.3, -0.25) is 0 Å². The molecule has 1 atom stereocenters. The van der Waals surface area contributed by atoms with Gasteiger partial charge in [-0.15, -0.1) is 0 Å². The van der Waals surface area contributed by atoms with Gasteiger partial charge in [0.05, 0.1) is 13.7 Å². The molecule has 0 spiro atoms. The maximum Gasteiger partial charge on any atom is 0.352 e. The second-order valence-corrected chi connectivity index (χ2v) is 4.70. The Morgan fingerprint density at radius 2 is 2.00 bits per heavy atom. The molecule has 4 nitrogen and oxygen atoms in total. The molecule has 2 aromatic carbocycles.